The summed E-state index contributed by atoms with van der Waals surface area (Å²) >= 11 is 11.9. The van der Waals surface area contributed by atoms with Crippen molar-refractivity contribution in [1.29, 1.82) is 0 Å². The highest BCUT2D eigenvalue weighted by atomic mass is 35.5. The van der Waals surface area contributed by atoms with E-state index in [1.165, 1.54) is 0 Å². The molecule has 122 valence electrons. The van der Waals surface area contributed by atoms with Gasteiger partial charge in [-0.1, -0.05) is 53.5 Å². The van der Waals surface area contributed by atoms with Gasteiger partial charge in [-0.05, 0) is 41.1 Å². The van der Waals surface area contributed by atoms with Crippen LogP contribution in [-0.4, -0.2) is 19.1 Å². The number of hydrogen-bond acceptors (Lipinski definition) is 2. The Morgan fingerprint density at radius 3 is 2.58 bits per heavy atom. The van der Waals surface area contributed by atoms with Crippen LogP contribution in [0.15, 0.2) is 60.7 Å². The lowest BCUT2D eigenvalue weighted by Crippen LogP contribution is -2.28. The van der Waals surface area contributed by atoms with Gasteiger partial charge in [-0.15, -0.1) is 0 Å². The second kappa shape index (κ2) is 7.56. The van der Waals surface area contributed by atoms with E-state index >= 15 is 0 Å². The van der Waals surface area contributed by atoms with Gasteiger partial charge in [-0.2, -0.15) is 0 Å². The zero-order valence-electron chi connectivity index (χ0n) is 12.8. The highest BCUT2D eigenvalue weighted by Gasteiger charge is 2.10. The van der Waals surface area contributed by atoms with Crippen LogP contribution in [0.3, 0.4) is 0 Å². The average molecular weight is 360 g/mol. The Morgan fingerprint density at radius 1 is 0.958 bits per heavy atom. The molecule has 3 aromatic carbocycles. The van der Waals surface area contributed by atoms with Gasteiger partial charge >= 0.3 is 0 Å². The topological polar surface area (TPSA) is 38.3 Å². The Morgan fingerprint density at radius 2 is 1.75 bits per heavy atom. The monoisotopic (exact) mass is 359 g/mol. The Bertz CT molecular complexity index is 880. The SMILES string of the molecule is O=C(NCCOc1ccc2ccccc2c1)c1cc(Cl)ccc1Cl. The van der Waals surface area contributed by atoms with Crippen molar-refractivity contribution in [2.75, 3.05) is 13.2 Å². The van der Waals surface area contributed by atoms with Crippen molar-refractivity contribution in [1.82, 2.24) is 5.32 Å². The molecule has 0 aliphatic carbocycles. The second-order valence-corrected chi connectivity index (χ2v) is 6.08. The molecule has 24 heavy (non-hydrogen) atoms. The largest absolute Gasteiger partial charge is 0.492 e. The van der Waals surface area contributed by atoms with E-state index in [4.69, 9.17) is 27.9 Å². The van der Waals surface area contributed by atoms with Gasteiger partial charge in [0.15, 0.2) is 0 Å². The predicted molar refractivity (Wildman–Crippen MR) is 98.2 cm³/mol. The predicted octanol–water partition coefficient (Wildman–Crippen LogP) is 4.96. The van der Waals surface area contributed by atoms with E-state index in [9.17, 15) is 4.79 Å². The minimum atomic E-state index is -0.274. The first-order valence-electron chi connectivity index (χ1n) is 7.48. The first kappa shape index (κ1) is 16.6. The number of carbonyl (C=O) groups excluding carboxylic acids is 1. The molecule has 0 saturated carbocycles. The minimum absolute atomic E-state index is 0.274. The number of fused-ring (bicyclic) bond motifs is 1. The van der Waals surface area contributed by atoms with Crippen molar-refractivity contribution < 1.29 is 9.53 Å². The molecule has 0 unspecified atom stereocenters. The smallest absolute Gasteiger partial charge is 0.252 e. The Hall–Kier alpha value is -2.23. The summed E-state index contributed by atoms with van der Waals surface area (Å²) in [5, 5.41) is 5.88. The Balaban J connectivity index is 1.54. The molecule has 1 amide bonds. The number of hydrogen-bond donors (Lipinski definition) is 1. The molecule has 0 bridgehead atoms. The van der Waals surface area contributed by atoms with E-state index in [1.54, 1.807) is 18.2 Å². The van der Waals surface area contributed by atoms with Gasteiger partial charge in [-0.3, -0.25) is 4.79 Å². The lowest BCUT2D eigenvalue weighted by Gasteiger charge is -2.09. The number of nitrogens with one attached hydrogen (secondary N) is 1. The minimum Gasteiger partial charge on any atom is -0.492 e. The molecule has 0 aliphatic heterocycles. The van der Waals surface area contributed by atoms with Crippen LogP contribution in [0.2, 0.25) is 10.0 Å². The van der Waals surface area contributed by atoms with E-state index in [0.29, 0.717) is 28.8 Å². The molecule has 3 aromatic rings. The normalized spacial score (nSPS) is 10.6. The van der Waals surface area contributed by atoms with E-state index in [0.717, 1.165) is 16.5 Å². The standard InChI is InChI=1S/C19H15Cl2NO2/c20-15-6-8-18(21)17(12-15)19(23)22-9-10-24-16-7-5-13-3-1-2-4-14(13)11-16/h1-8,11-12H,9-10H2,(H,22,23). The van der Waals surface area contributed by atoms with Crippen molar-refractivity contribution in [2.45, 2.75) is 0 Å². The quantitative estimate of drug-likeness (QED) is 0.654. The van der Waals surface area contributed by atoms with Crippen LogP contribution in [0.4, 0.5) is 0 Å². The van der Waals surface area contributed by atoms with Crippen LogP contribution in [0, 0.1) is 0 Å². The molecular weight excluding hydrogens is 345 g/mol. The van der Waals surface area contributed by atoms with Crippen LogP contribution in [0.1, 0.15) is 10.4 Å². The van der Waals surface area contributed by atoms with Crippen molar-refractivity contribution in [3.8, 4) is 5.75 Å². The first-order valence-corrected chi connectivity index (χ1v) is 8.24. The molecule has 0 radical (unpaired) electrons. The summed E-state index contributed by atoms with van der Waals surface area (Å²) in [6.07, 6.45) is 0. The lowest BCUT2D eigenvalue weighted by molar-refractivity contribution is 0.0947. The zero-order valence-corrected chi connectivity index (χ0v) is 14.3. The maximum Gasteiger partial charge on any atom is 0.252 e. The fourth-order valence-corrected chi connectivity index (χ4v) is 2.73. The van der Waals surface area contributed by atoms with Gasteiger partial charge in [-0.25, -0.2) is 0 Å². The van der Waals surface area contributed by atoms with Crippen molar-refractivity contribution in [3.63, 3.8) is 0 Å². The van der Waals surface area contributed by atoms with E-state index in [-0.39, 0.29) is 5.91 Å². The van der Waals surface area contributed by atoms with Crippen LogP contribution in [-0.2, 0) is 0 Å². The van der Waals surface area contributed by atoms with Crippen LogP contribution in [0.5, 0.6) is 5.75 Å². The molecule has 3 rings (SSSR count). The number of halogens is 2. The fraction of sp³-hybridized carbons (Fsp3) is 0.105. The Labute approximate surface area is 150 Å². The van der Waals surface area contributed by atoms with Gasteiger partial charge in [0, 0.05) is 5.02 Å². The van der Waals surface area contributed by atoms with Crippen molar-refractivity contribution in [2.24, 2.45) is 0 Å². The summed E-state index contributed by atoms with van der Waals surface area (Å²) in [5.41, 5.74) is 0.356. The molecule has 0 heterocycles. The molecule has 0 aromatic heterocycles. The summed E-state index contributed by atoms with van der Waals surface area (Å²) in [7, 11) is 0. The summed E-state index contributed by atoms with van der Waals surface area (Å²) in [4.78, 5) is 12.1. The fourth-order valence-electron chi connectivity index (χ4n) is 2.36. The summed E-state index contributed by atoms with van der Waals surface area (Å²) in [6.45, 7) is 0.733. The number of ether oxygens (including phenoxy) is 1. The molecule has 0 fully saturated rings. The zero-order chi connectivity index (χ0) is 16.9. The number of benzene rings is 3. The maximum absolute atomic E-state index is 12.1. The highest BCUT2D eigenvalue weighted by molar-refractivity contribution is 6.35. The molecule has 3 nitrogen and oxygen atoms in total. The third-order valence-electron chi connectivity index (χ3n) is 3.55. The van der Waals surface area contributed by atoms with Crippen LogP contribution < -0.4 is 10.1 Å². The molecule has 1 N–H and O–H groups in total. The van der Waals surface area contributed by atoms with Gasteiger partial charge in [0.1, 0.15) is 12.4 Å². The Kier molecular flexibility index (Phi) is 5.24. The van der Waals surface area contributed by atoms with Crippen LogP contribution >= 0.6 is 23.2 Å². The third-order valence-corrected chi connectivity index (χ3v) is 4.11. The molecule has 0 aliphatic rings. The van der Waals surface area contributed by atoms with Crippen LogP contribution in [0.25, 0.3) is 10.8 Å². The van der Waals surface area contributed by atoms with Crippen molar-refractivity contribution in [3.05, 3.63) is 76.3 Å². The summed E-state index contributed by atoms with van der Waals surface area (Å²) < 4.78 is 5.68. The van der Waals surface area contributed by atoms with Crippen molar-refractivity contribution >= 4 is 39.9 Å². The highest BCUT2D eigenvalue weighted by Crippen LogP contribution is 2.21. The van der Waals surface area contributed by atoms with Gasteiger partial charge in [0.05, 0.1) is 17.1 Å². The molecule has 0 saturated heterocycles. The molecular formula is C19H15Cl2NO2. The van der Waals surface area contributed by atoms with Gasteiger partial charge in [0.2, 0.25) is 0 Å². The third kappa shape index (κ3) is 3.99. The van der Waals surface area contributed by atoms with Gasteiger partial charge < -0.3 is 10.1 Å². The molecule has 0 spiro atoms. The number of carbonyl (C=O) groups is 1. The molecule has 0 atom stereocenters. The van der Waals surface area contributed by atoms with E-state index in [2.05, 4.69) is 5.32 Å². The second-order valence-electron chi connectivity index (χ2n) is 5.24. The van der Waals surface area contributed by atoms with E-state index in [1.807, 2.05) is 42.5 Å². The summed E-state index contributed by atoms with van der Waals surface area (Å²) in [6, 6.07) is 18.8. The number of amides is 1. The summed E-state index contributed by atoms with van der Waals surface area (Å²) in [5.74, 6) is 0.494. The first-order chi connectivity index (χ1) is 11.6. The lowest BCUT2D eigenvalue weighted by atomic mass is 10.1. The average Bonchev–Trinajstić information content (AvgIpc) is 2.60. The molecule has 5 heteroatoms. The number of rotatable bonds is 5. The maximum atomic E-state index is 12.1. The van der Waals surface area contributed by atoms with Gasteiger partial charge in [0.25, 0.3) is 5.91 Å². The van der Waals surface area contributed by atoms with E-state index < -0.39 is 0 Å².